The summed E-state index contributed by atoms with van der Waals surface area (Å²) in [6.07, 6.45) is 0. The summed E-state index contributed by atoms with van der Waals surface area (Å²) in [6.45, 7) is 17.1. The smallest absolute Gasteiger partial charge is 0.341 e. The van der Waals surface area contributed by atoms with E-state index in [1.165, 1.54) is 14.2 Å². The van der Waals surface area contributed by atoms with Crippen LogP contribution in [0.5, 0.6) is 0 Å². The first-order chi connectivity index (χ1) is 18.0. The predicted octanol–water partition coefficient (Wildman–Crippen LogP) is 6.23. The van der Waals surface area contributed by atoms with Gasteiger partial charge in [-0.1, -0.05) is 60.7 Å². The number of hydrogen-bond donors (Lipinski definition) is 0. The van der Waals surface area contributed by atoms with Crippen molar-refractivity contribution in [3.8, 4) is 0 Å². The van der Waals surface area contributed by atoms with Gasteiger partial charge >= 0.3 is 11.9 Å². The van der Waals surface area contributed by atoms with Crippen molar-refractivity contribution in [2.45, 2.75) is 79.6 Å². The summed E-state index contributed by atoms with van der Waals surface area (Å²) in [5.41, 5.74) is 0. The Bertz CT molecular complexity index is 997. The summed E-state index contributed by atoms with van der Waals surface area (Å²) in [4.78, 5) is 27.9. The first-order valence-corrected chi connectivity index (χ1v) is 15.7. The zero-order valence-corrected chi connectivity index (χ0v) is 26.3. The number of rotatable bonds is 12. The minimum atomic E-state index is -1.46. The quantitative estimate of drug-likeness (QED) is 0.175. The second kappa shape index (κ2) is 14.9. The van der Waals surface area contributed by atoms with Crippen molar-refractivity contribution < 1.29 is 19.1 Å². The lowest BCUT2D eigenvalue weighted by molar-refractivity contribution is -0.138. The van der Waals surface area contributed by atoms with Crippen molar-refractivity contribution >= 4 is 38.7 Å². The number of ether oxygens (including phenoxy) is 2. The summed E-state index contributed by atoms with van der Waals surface area (Å²) in [7, 11) is -0.112. The number of hydrogen-bond acceptors (Lipinski definition) is 6. The molecular weight excluding hydrogens is 514 g/mol. The Hall–Kier alpha value is -2.10. The molecule has 2 aromatic rings. The maximum absolute atomic E-state index is 14.0. The third-order valence-corrected chi connectivity index (χ3v) is 12.2. The fourth-order valence-corrected chi connectivity index (χ4v) is 10.6. The summed E-state index contributed by atoms with van der Waals surface area (Å²) in [5.74, 6) is -0.995. The number of carbonyl (C=O) groups excluding carboxylic acids is 2. The monoisotopic (exact) mass is 558 g/mol. The van der Waals surface area contributed by atoms with Gasteiger partial charge in [-0.3, -0.25) is 9.34 Å². The molecule has 0 atom stereocenters. The predicted molar refractivity (Wildman–Crippen MR) is 161 cm³/mol. The van der Waals surface area contributed by atoms with Gasteiger partial charge < -0.3 is 9.47 Å². The zero-order valence-electron chi connectivity index (χ0n) is 24.5. The lowest BCUT2D eigenvalue weighted by atomic mass is 10.3. The van der Waals surface area contributed by atoms with Gasteiger partial charge in [-0.2, -0.15) is 0 Å². The highest BCUT2D eigenvalue weighted by molar-refractivity contribution is 7.78. The summed E-state index contributed by atoms with van der Waals surface area (Å²) < 4.78 is 15.6. The molecule has 0 spiro atoms. The van der Waals surface area contributed by atoms with Crippen molar-refractivity contribution in [1.82, 2.24) is 9.34 Å². The summed E-state index contributed by atoms with van der Waals surface area (Å²) in [5, 5.41) is 2.71. The van der Waals surface area contributed by atoms with E-state index in [9.17, 15) is 9.59 Å². The molecule has 0 aliphatic rings. The molecule has 6 nitrogen and oxygen atoms in total. The standard InChI is InChI=1S/C30H44N2O4P2/c1-21(2)31(22(3)4)38(32(23(5)6)24(7)8)28(30(34)36-10)27(29(33)35-9)37(25-17-13-11-14-18-25)26-19-15-12-16-20-26/h11-24H,1-10H3/b28-27-. The Morgan fingerprint density at radius 2 is 0.895 bits per heavy atom. The van der Waals surface area contributed by atoms with Crippen molar-refractivity contribution in [2.24, 2.45) is 0 Å². The molecule has 0 bridgehead atoms. The molecule has 208 valence electrons. The van der Waals surface area contributed by atoms with Crippen LogP contribution in [-0.4, -0.2) is 59.7 Å². The number of methoxy groups -OCH3 is 2. The molecule has 38 heavy (non-hydrogen) atoms. The second-order valence-electron chi connectivity index (χ2n) is 10.1. The van der Waals surface area contributed by atoms with Crippen LogP contribution in [0, 0.1) is 0 Å². The van der Waals surface area contributed by atoms with Gasteiger partial charge in [0.2, 0.25) is 0 Å². The van der Waals surface area contributed by atoms with Crippen LogP contribution in [-0.2, 0) is 19.1 Å². The van der Waals surface area contributed by atoms with Crippen LogP contribution < -0.4 is 10.6 Å². The molecule has 0 saturated carbocycles. The zero-order chi connectivity index (χ0) is 28.6. The molecule has 0 N–H and O–H groups in total. The van der Waals surface area contributed by atoms with Gasteiger partial charge in [0, 0.05) is 24.2 Å². The molecular formula is C30H44N2O4P2. The van der Waals surface area contributed by atoms with E-state index in [2.05, 4.69) is 64.7 Å². The van der Waals surface area contributed by atoms with Crippen LogP contribution in [0.4, 0.5) is 0 Å². The fraction of sp³-hybridized carbons (Fsp3) is 0.467. The second-order valence-corrected chi connectivity index (χ2v) is 14.2. The van der Waals surface area contributed by atoms with Crippen LogP contribution >= 0.6 is 16.1 Å². The molecule has 0 aromatic heterocycles. The third kappa shape index (κ3) is 7.51. The van der Waals surface area contributed by atoms with Crippen LogP contribution in [0.1, 0.15) is 55.4 Å². The van der Waals surface area contributed by atoms with Crippen molar-refractivity contribution in [3.63, 3.8) is 0 Å². The van der Waals surface area contributed by atoms with Crippen molar-refractivity contribution in [2.75, 3.05) is 14.2 Å². The summed E-state index contributed by atoms with van der Waals surface area (Å²) in [6, 6.07) is 20.3. The first kappa shape index (κ1) is 32.1. The average molecular weight is 559 g/mol. The van der Waals surface area contributed by atoms with E-state index < -0.39 is 28.1 Å². The molecule has 8 heteroatoms. The minimum Gasteiger partial charge on any atom is -0.465 e. The lowest BCUT2D eigenvalue weighted by Gasteiger charge is -2.48. The van der Waals surface area contributed by atoms with Gasteiger partial charge in [-0.15, -0.1) is 0 Å². The van der Waals surface area contributed by atoms with Crippen LogP contribution in [0.15, 0.2) is 71.3 Å². The van der Waals surface area contributed by atoms with E-state index in [-0.39, 0.29) is 24.2 Å². The highest BCUT2D eigenvalue weighted by Gasteiger charge is 2.44. The van der Waals surface area contributed by atoms with Gasteiger partial charge in [0.05, 0.1) is 27.8 Å². The van der Waals surface area contributed by atoms with Crippen LogP contribution in [0.2, 0.25) is 0 Å². The van der Waals surface area contributed by atoms with Gasteiger partial charge in [0.15, 0.2) is 0 Å². The van der Waals surface area contributed by atoms with E-state index in [4.69, 9.17) is 9.47 Å². The van der Waals surface area contributed by atoms with Gasteiger partial charge in [0.1, 0.15) is 5.31 Å². The van der Waals surface area contributed by atoms with Crippen molar-refractivity contribution in [1.29, 1.82) is 0 Å². The van der Waals surface area contributed by atoms with E-state index in [0.717, 1.165) is 10.6 Å². The molecule has 0 heterocycles. The van der Waals surface area contributed by atoms with Gasteiger partial charge in [0.25, 0.3) is 0 Å². The Kier molecular flexibility index (Phi) is 12.6. The largest absolute Gasteiger partial charge is 0.465 e. The lowest BCUT2D eigenvalue weighted by Crippen LogP contribution is -2.44. The van der Waals surface area contributed by atoms with Crippen LogP contribution in [0.25, 0.3) is 0 Å². The molecule has 0 unspecified atom stereocenters. The summed E-state index contributed by atoms with van der Waals surface area (Å²) >= 11 is 0. The molecule has 0 aliphatic heterocycles. The highest BCUT2D eigenvalue weighted by Crippen LogP contribution is 2.61. The molecule has 2 aromatic carbocycles. The molecule has 2 rings (SSSR count). The Balaban J connectivity index is 3.17. The molecule has 0 aliphatic carbocycles. The highest BCUT2D eigenvalue weighted by atomic mass is 31.1. The topological polar surface area (TPSA) is 59.1 Å². The molecule has 0 radical (unpaired) electrons. The Morgan fingerprint density at radius 1 is 0.579 bits per heavy atom. The molecule has 0 fully saturated rings. The van der Waals surface area contributed by atoms with Crippen LogP contribution in [0.3, 0.4) is 0 Å². The maximum atomic E-state index is 14.0. The average Bonchev–Trinajstić information content (AvgIpc) is 2.87. The minimum absolute atomic E-state index is 0.111. The van der Waals surface area contributed by atoms with E-state index in [0.29, 0.717) is 10.6 Å². The molecule has 0 saturated heterocycles. The van der Waals surface area contributed by atoms with E-state index >= 15 is 0 Å². The number of carbonyl (C=O) groups is 2. The maximum Gasteiger partial charge on any atom is 0.341 e. The van der Waals surface area contributed by atoms with Gasteiger partial charge in [-0.25, -0.2) is 9.59 Å². The fourth-order valence-electron chi connectivity index (χ4n) is 4.74. The Morgan fingerprint density at radius 3 is 1.18 bits per heavy atom. The number of nitrogens with zero attached hydrogens (tertiary/aromatic N) is 2. The van der Waals surface area contributed by atoms with Crippen molar-refractivity contribution in [3.05, 3.63) is 71.3 Å². The molecule has 0 amide bonds. The first-order valence-electron chi connectivity index (χ1n) is 13.2. The SMILES string of the molecule is COC(=O)/C(=C(\C(=O)OC)P(N(C(C)C)C(C)C)N(C(C)C)C(C)C)P(c1ccccc1)c1ccccc1. The Labute approximate surface area is 232 Å². The third-order valence-electron chi connectivity index (χ3n) is 5.99. The van der Waals surface area contributed by atoms with E-state index in [1.807, 2.05) is 60.7 Å². The van der Waals surface area contributed by atoms with Gasteiger partial charge in [-0.05, 0) is 73.9 Å². The number of esters is 2. The van der Waals surface area contributed by atoms with E-state index in [1.54, 1.807) is 0 Å². The normalized spacial score (nSPS) is 12.9. The number of benzene rings is 2.